The van der Waals surface area contributed by atoms with Crippen LogP contribution in [0.1, 0.15) is 39.0 Å². The predicted molar refractivity (Wildman–Crippen MR) is 174 cm³/mol. The van der Waals surface area contributed by atoms with Crippen LogP contribution >= 0.6 is 0 Å². The van der Waals surface area contributed by atoms with E-state index in [0.29, 0.717) is 31.6 Å². The lowest BCUT2D eigenvalue weighted by molar-refractivity contribution is -0.131. The molecule has 1 saturated carbocycles. The van der Waals surface area contributed by atoms with Crippen molar-refractivity contribution in [2.75, 3.05) is 44.2 Å². The van der Waals surface area contributed by atoms with Gasteiger partial charge in [0.2, 0.25) is 5.91 Å². The van der Waals surface area contributed by atoms with Crippen molar-refractivity contribution in [3.05, 3.63) is 53.6 Å². The smallest absolute Gasteiger partial charge is 0.319 e. The number of nitrogens with one attached hydrogen (secondary N) is 1. The van der Waals surface area contributed by atoms with Crippen LogP contribution in [0, 0.1) is 28.7 Å². The fourth-order valence-corrected chi connectivity index (χ4v) is 8.76. The number of halogens is 4. The summed E-state index contributed by atoms with van der Waals surface area (Å²) in [7, 11) is 0. The summed E-state index contributed by atoms with van der Waals surface area (Å²) in [6.07, 6.45) is 4.85. The van der Waals surface area contributed by atoms with E-state index in [1.165, 1.54) is 12.1 Å². The molecule has 1 aliphatic carbocycles. The monoisotopic (exact) mass is 676 g/mol. The Morgan fingerprint density at radius 1 is 0.980 bits per heavy atom. The number of phenolic OH excluding ortho intramolecular Hbond substituents is 1. The molecule has 1 amide bonds. The molecule has 4 atom stereocenters. The van der Waals surface area contributed by atoms with Crippen LogP contribution in [-0.2, 0) is 4.79 Å². The Bertz CT molecular complexity index is 2030. The fraction of sp³-hybridized carbons (Fsp3) is 0.472. The molecule has 0 radical (unpaired) electrons. The minimum atomic E-state index is -1.27. The summed E-state index contributed by atoms with van der Waals surface area (Å²) in [6.45, 7) is 5.51. The highest BCUT2D eigenvalue weighted by molar-refractivity contribution is 6.02. The number of ether oxygens (including phenoxy) is 1. The SMILES string of the molecule is CC(=O)N1CC2CC1CN2CC1(COc2nc(N3CC4CCC(C3)N4)c3cc(F)c(-c4cc(O)cc5ccc(F)c(F)c45)c(F)c3n2)CC1. The Labute approximate surface area is 279 Å². The third kappa shape index (κ3) is 5.15. The fourth-order valence-electron chi connectivity index (χ4n) is 8.76. The molecule has 256 valence electrons. The number of hydrogen-bond donors (Lipinski definition) is 2. The lowest BCUT2D eigenvalue weighted by Crippen LogP contribution is -2.51. The van der Waals surface area contributed by atoms with Gasteiger partial charge in [0.05, 0.1) is 12.2 Å². The van der Waals surface area contributed by atoms with Crippen molar-refractivity contribution in [1.29, 1.82) is 0 Å². The van der Waals surface area contributed by atoms with Crippen LogP contribution in [0.25, 0.3) is 32.8 Å². The summed E-state index contributed by atoms with van der Waals surface area (Å²) in [5.41, 5.74) is -1.28. The van der Waals surface area contributed by atoms with Gasteiger partial charge in [-0.05, 0) is 61.8 Å². The number of rotatable bonds is 7. The third-order valence-electron chi connectivity index (χ3n) is 11.4. The van der Waals surface area contributed by atoms with Crippen molar-refractivity contribution < 1.29 is 32.2 Å². The van der Waals surface area contributed by atoms with Gasteiger partial charge in [-0.3, -0.25) is 9.69 Å². The van der Waals surface area contributed by atoms with Gasteiger partial charge in [0.1, 0.15) is 22.9 Å². The maximum atomic E-state index is 16.8. The van der Waals surface area contributed by atoms with E-state index in [4.69, 9.17) is 9.72 Å². The molecule has 4 aromatic rings. The van der Waals surface area contributed by atoms with Gasteiger partial charge in [-0.2, -0.15) is 9.97 Å². The maximum absolute atomic E-state index is 16.8. The van der Waals surface area contributed by atoms with Crippen molar-refractivity contribution in [1.82, 2.24) is 25.1 Å². The number of benzene rings is 3. The number of aromatic hydroxyl groups is 1. The molecule has 3 aromatic carbocycles. The Balaban J connectivity index is 1.09. The van der Waals surface area contributed by atoms with Gasteiger partial charge in [0.15, 0.2) is 17.5 Å². The van der Waals surface area contributed by atoms with Crippen molar-refractivity contribution >= 4 is 33.4 Å². The number of fused-ring (bicyclic) bond motifs is 6. The number of aromatic nitrogens is 2. The van der Waals surface area contributed by atoms with Gasteiger partial charge in [0, 0.05) is 85.6 Å². The van der Waals surface area contributed by atoms with E-state index in [1.807, 2.05) is 9.80 Å². The minimum Gasteiger partial charge on any atom is -0.508 e. The normalized spacial score (nSPS) is 25.6. The van der Waals surface area contributed by atoms with E-state index in [0.717, 1.165) is 69.9 Å². The molecule has 4 bridgehead atoms. The zero-order chi connectivity index (χ0) is 33.8. The van der Waals surface area contributed by atoms with Crippen LogP contribution in [0.5, 0.6) is 11.8 Å². The first-order chi connectivity index (χ1) is 23.6. The number of phenols is 1. The van der Waals surface area contributed by atoms with Crippen LogP contribution < -0.4 is 15.0 Å². The molecule has 4 unspecified atom stereocenters. The molecule has 4 aliphatic heterocycles. The van der Waals surface area contributed by atoms with Crippen LogP contribution in [0.15, 0.2) is 30.3 Å². The quantitative estimate of drug-likeness (QED) is 0.261. The van der Waals surface area contributed by atoms with Gasteiger partial charge in [-0.15, -0.1) is 0 Å². The summed E-state index contributed by atoms with van der Waals surface area (Å²) in [6, 6.07) is 6.48. The van der Waals surface area contributed by atoms with Crippen molar-refractivity contribution in [2.24, 2.45) is 5.41 Å². The van der Waals surface area contributed by atoms with Gasteiger partial charge >= 0.3 is 6.01 Å². The highest BCUT2D eigenvalue weighted by Crippen LogP contribution is 2.49. The number of carbonyl (C=O) groups is 1. The molecule has 5 aliphatic rings. The zero-order valence-electron chi connectivity index (χ0n) is 27.0. The van der Waals surface area contributed by atoms with Gasteiger partial charge < -0.3 is 25.0 Å². The van der Waals surface area contributed by atoms with Crippen LogP contribution in [0.4, 0.5) is 23.4 Å². The molecule has 9 nitrogen and oxygen atoms in total. The largest absolute Gasteiger partial charge is 0.508 e. The summed E-state index contributed by atoms with van der Waals surface area (Å²) < 4.78 is 68.8. The Kier molecular flexibility index (Phi) is 7.00. The molecular weight excluding hydrogens is 640 g/mol. The first kappa shape index (κ1) is 30.8. The third-order valence-corrected chi connectivity index (χ3v) is 11.4. The summed E-state index contributed by atoms with van der Waals surface area (Å²) in [5.74, 6) is -4.44. The number of anilines is 1. The number of nitrogens with zero attached hydrogens (tertiary/aromatic N) is 5. The van der Waals surface area contributed by atoms with Crippen molar-refractivity contribution in [3.8, 4) is 22.9 Å². The van der Waals surface area contributed by atoms with E-state index < -0.39 is 28.8 Å². The number of carbonyl (C=O) groups excluding carboxylic acids is 1. The number of hydrogen-bond acceptors (Lipinski definition) is 8. The second kappa shape index (κ2) is 11.1. The summed E-state index contributed by atoms with van der Waals surface area (Å²) in [5, 5.41) is 13.9. The van der Waals surface area contributed by atoms with Crippen LogP contribution in [0.2, 0.25) is 0 Å². The van der Waals surface area contributed by atoms with E-state index in [1.54, 1.807) is 6.92 Å². The number of amides is 1. The van der Waals surface area contributed by atoms with E-state index in [2.05, 4.69) is 15.2 Å². The molecule has 13 heteroatoms. The second-order valence-corrected chi connectivity index (χ2v) is 14.7. The van der Waals surface area contributed by atoms with Crippen LogP contribution in [0.3, 0.4) is 0 Å². The van der Waals surface area contributed by atoms with Crippen molar-refractivity contribution in [2.45, 2.75) is 63.2 Å². The van der Waals surface area contributed by atoms with Gasteiger partial charge in [0.25, 0.3) is 0 Å². The van der Waals surface area contributed by atoms with E-state index in [9.17, 15) is 14.3 Å². The lowest BCUT2D eigenvalue weighted by atomic mass is 9.95. The average molecular weight is 677 g/mol. The maximum Gasteiger partial charge on any atom is 0.319 e. The molecule has 49 heavy (non-hydrogen) atoms. The second-order valence-electron chi connectivity index (χ2n) is 14.7. The summed E-state index contributed by atoms with van der Waals surface area (Å²) >= 11 is 0. The van der Waals surface area contributed by atoms with Gasteiger partial charge in [-0.1, -0.05) is 6.07 Å². The topological polar surface area (TPSA) is 94.1 Å². The van der Waals surface area contributed by atoms with E-state index >= 15 is 13.2 Å². The standard InChI is InChI=1S/C36H36F4N6O3/c1-18(47)46-15-22-9-23(46)14-45(22)16-36(6-7-36)17-49-35-42-33-26(34(43-35)44-12-20-3-4-21(13-44)41-20)11-28(38)30(32(33)40)25-10-24(48)8-19-2-5-27(37)31(39)29(19)25/h2,5,8,10-11,20-23,41,48H,3-4,6-7,9,12-17H2,1H3. The lowest BCUT2D eigenvalue weighted by Gasteiger charge is -2.35. The highest BCUT2D eigenvalue weighted by Gasteiger charge is 2.51. The average Bonchev–Trinajstić information content (AvgIpc) is 3.34. The van der Waals surface area contributed by atoms with Gasteiger partial charge in [-0.25, -0.2) is 17.6 Å². The molecule has 2 N–H and O–H groups in total. The van der Waals surface area contributed by atoms with Crippen LogP contribution in [-0.4, -0.2) is 94.3 Å². The minimum absolute atomic E-state index is 0.0418. The molecule has 4 saturated heterocycles. The zero-order valence-corrected chi connectivity index (χ0v) is 27.0. The highest BCUT2D eigenvalue weighted by atomic mass is 19.2. The number of piperazine rings is 2. The Hall–Kier alpha value is -4.23. The predicted octanol–water partition coefficient (Wildman–Crippen LogP) is 5.12. The Morgan fingerprint density at radius 3 is 2.45 bits per heavy atom. The van der Waals surface area contributed by atoms with Crippen molar-refractivity contribution in [3.63, 3.8) is 0 Å². The first-order valence-electron chi connectivity index (χ1n) is 17.0. The molecular formula is C36H36F4N6O3. The molecule has 5 fully saturated rings. The number of likely N-dealkylation sites (tertiary alicyclic amines) is 2. The molecule has 1 aromatic heterocycles. The molecule has 9 rings (SSSR count). The van der Waals surface area contributed by atoms with E-state index in [-0.39, 0.29) is 68.4 Å². The molecule has 5 heterocycles. The molecule has 0 spiro atoms. The summed E-state index contributed by atoms with van der Waals surface area (Å²) in [4.78, 5) is 27.6. The Morgan fingerprint density at radius 2 is 1.76 bits per heavy atom. The first-order valence-corrected chi connectivity index (χ1v) is 17.0.